The van der Waals surface area contributed by atoms with Crippen molar-refractivity contribution in [2.45, 2.75) is 25.7 Å². The van der Waals surface area contributed by atoms with Gasteiger partial charge < -0.3 is 19.0 Å². The summed E-state index contributed by atoms with van der Waals surface area (Å²) in [5.41, 5.74) is 3.21. The fraction of sp³-hybridized carbons (Fsp3) is 0.385. The number of piperidine rings is 1. The van der Waals surface area contributed by atoms with E-state index in [1.807, 2.05) is 32.3 Å². The van der Waals surface area contributed by atoms with E-state index in [0.717, 1.165) is 47.6 Å². The van der Waals surface area contributed by atoms with Gasteiger partial charge in [-0.2, -0.15) is 0 Å². The van der Waals surface area contributed by atoms with Crippen LogP contribution in [0.1, 0.15) is 37.0 Å². The van der Waals surface area contributed by atoms with Crippen LogP contribution in [-0.4, -0.2) is 45.2 Å². The molecule has 4 nitrogen and oxygen atoms in total. The summed E-state index contributed by atoms with van der Waals surface area (Å²) < 4.78 is 12.0. The van der Waals surface area contributed by atoms with Gasteiger partial charge in [-0.15, -0.1) is 0 Å². The van der Waals surface area contributed by atoms with Gasteiger partial charge in [0.05, 0.1) is 6.61 Å². The van der Waals surface area contributed by atoms with Crippen molar-refractivity contribution in [3.05, 3.63) is 59.9 Å². The molecule has 30 heavy (non-hydrogen) atoms. The Balaban J connectivity index is 1.32. The average Bonchev–Trinajstić information content (AvgIpc) is 3.18. The Morgan fingerprint density at radius 2 is 1.77 bits per heavy atom. The smallest absolute Gasteiger partial charge is 0.138 e. The number of anilines is 1. The molecule has 1 aliphatic heterocycles. The highest BCUT2D eigenvalue weighted by atomic mass is 16.5. The second-order valence-corrected chi connectivity index (χ2v) is 8.27. The molecule has 4 heteroatoms. The van der Waals surface area contributed by atoms with E-state index >= 15 is 0 Å². The Morgan fingerprint density at radius 1 is 0.967 bits per heavy atom. The molecule has 2 heterocycles. The lowest BCUT2D eigenvalue weighted by atomic mass is 10.1. The Hall–Kier alpha value is -2.72. The molecule has 0 N–H and O–H groups in total. The van der Waals surface area contributed by atoms with Crippen LogP contribution in [0.25, 0.3) is 23.1 Å². The maximum absolute atomic E-state index is 6.01. The molecule has 1 fully saturated rings. The van der Waals surface area contributed by atoms with Crippen LogP contribution in [0.2, 0.25) is 0 Å². The van der Waals surface area contributed by atoms with Crippen LogP contribution in [0.15, 0.2) is 52.9 Å². The molecule has 2 aromatic carbocycles. The molecule has 0 spiro atoms. The van der Waals surface area contributed by atoms with Crippen molar-refractivity contribution < 1.29 is 9.15 Å². The maximum Gasteiger partial charge on any atom is 0.138 e. The standard InChI is InChI=1S/C26H32N2O2/c1-27(2)23-11-7-21(8-12-23)9-13-25-19-22-10-14-24(20-26(22)30-25)29-18-6-17-28-15-4-3-5-16-28/h7-14,19-20H,3-6,15-18H2,1-2H3/b13-9+. The number of furan rings is 1. The van der Waals surface area contributed by atoms with Gasteiger partial charge >= 0.3 is 0 Å². The lowest BCUT2D eigenvalue weighted by Crippen LogP contribution is -2.31. The Kier molecular flexibility index (Phi) is 6.75. The van der Waals surface area contributed by atoms with Crippen molar-refractivity contribution in [2.75, 3.05) is 45.2 Å². The molecule has 0 saturated carbocycles. The van der Waals surface area contributed by atoms with Crippen LogP contribution in [-0.2, 0) is 0 Å². The van der Waals surface area contributed by atoms with E-state index < -0.39 is 0 Å². The number of ether oxygens (including phenoxy) is 1. The Morgan fingerprint density at radius 3 is 2.53 bits per heavy atom. The summed E-state index contributed by atoms with van der Waals surface area (Å²) in [4.78, 5) is 4.65. The molecule has 1 aliphatic rings. The molecule has 1 aromatic heterocycles. The molecule has 0 atom stereocenters. The second kappa shape index (κ2) is 9.86. The molecule has 0 bridgehead atoms. The summed E-state index contributed by atoms with van der Waals surface area (Å²) >= 11 is 0. The van der Waals surface area contributed by atoms with Crippen LogP contribution in [0, 0.1) is 0 Å². The Bertz CT molecular complexity index is 966. The molecule has 1 saturated heterocycles. The number of rotatable bonds is 8. The van der Waals surface area contributed by atoms with E-state index in [4.69, 9.17) is 9.15 Å². The molecule has 0 unspecified atom stereocenters. The molecule has 0 amide bonds. The highest BCUT2D eigenvalue weighted by Gasteiger charge is 2.09. The van der Waals surface area contributed by atoms with Crippen molar-refractivity contribution in [1.82, 2.24) is 4.90 Å². The SMILES string of the molecule is CN(C)c1ccc(/C=C/c2cc3ccc(OCCCN4CCCCC4)cc3o2)cc1. The number of nitrogens with zero attached hydrogens (tertiary/aromatic N) is 2. The minimum Gasteiger partial charge on any atom is -0.493 e. The first-order valence-electron chi connectivity index (χ1n) is 11.0. The lowest BCUT2D eigenvalue weighted by Gasteiger charge is -2.26. The van der Waals surface area contributed by atoms with Crippen molar-refractivity contribution in [2.24, 2.45) is 0 Å². The van der Waals surface area contributed by atoms with Gasteiger partial charge in [0.15, 0.2) is 0 Å². The molecule has 158 valence electrons. The van der Waals surface area contributed by atoms with Crippen molar-refractivity contribution in [3.8, 4) is 5.75 Å². The van der Waals surface area contributed by atoms with Crippen LogP contribution < -0.4 is 9.64 Å². The van der Waals surface area contributed by atoms with Gasteiger partial charge in [-0.05, 0) is 74.3 Å². The molecular formula is C26H32N2O2. The van der Waals surface area contributed by atoms with E-state index in [-0.39, 0.29) is 0 Å². The predicted octanol–water partition coefficient (Wildman–Crippen LogP) is 5.92. The fourth-order valence-corrected chi connectivity index (χ4v) is 3.93. The van der Waals surface area contributed by atoms with Crippen LogP contribution >= 0.6 is 0 Å². The second-order valence-electron chi connectivity index (χ2n) is 8.27. The minimum atomic E-state index is 0.748. The zero-order valence-corrected chi connectivity index (χ0v) is 18.1. The monoisotopic (exact) mass is 404 g/mol. The van der Waals surface area contributed by atoms with E-state index in [9.17, 15) is 0 Å². The highest BCUT2D eigenvalue weighted by molar-refractivity contribution is 5.83. The number of likely N-dealkylation sites (tertiary alicyclic amines) is 1. The van der Waals surface area contributed by atoms with E-state index in [1.54, 1.807) is 0 Å². The van der Waals surface area contributed by atoms with Gasteiger partial charge in [-0.3, -0.25) is 0 Å². The quantitative estimate of drug-likeness (QED) is 0.436. The van der Waals surface area contributed by atoms with Gasteiger partial charge in [0.1, 0.15) is 17.1 Å². The lowest BCUT2D eigenvalue weighted by molar-refractivity contribution is 0.205. The van der Waals surface area contributed by atoms with Crippen molar-refractivity contribution in [3.63, 3.8) is 0 Å². The largest absolute Gasteiger partial charge is 0.493 e. The highest BCUT2D eigenvalue weighted by Crippen LogP contribution is 2.26. The van der Waals surface area contributed by atoms with Crippen LogP contribution in [0.4, 0.5) is 5.69 Å². The summed E-state index contributed by atoms with van der Waals surface area (Å²) in [5.74, 6) is 1.73. The van der Waals surface area contributed by atoms with Gasteiger partial charge in [0.25, 0.3) is 0 Å². The predicted molar refractivity (Wildman–Crippen MR) is 126 cm³/mol. The van der Waals surface area contributed by atoms with Crippen molar-refractivity contribution in [1.29, 1.82) is 0 Å². The first-order chi connectivity index (χ1) is 14.7. The molecule has 0 radical (unpaired) electrons. The zero-order chi connectivity index (χ0) is 20.8. The van der Waals surface area contributed by atoms with E-state index in [0.29, 0.717) is 0 Å². The third-order valence-corrected chi connectivity index (χ3v) is 5.70. The summed E-state index contributed by atoms with van der Waals surface area (Å²) in [6, 6.07) is 16.6. The number of benzene rings is 2. The summed E-state index contributed by atoms with van der Waals surface area (Å²) in [6.07, 6.45) is 9.23. The third kappa shape index (κ3) is 5.45. The Labute approximate surface area is 179 Å². The van der Waals surface area contributed by atoms with Crippen LogP contribution in [0.3, 0.4) is 0 Å². The molecule has 0 aliphatic carbocycles. The van der Waals surface area contributed by atoms with E-state index in [1.165, 1.54) is 38.0 Å². The summed E-state index contributed by atoms with van der Waals surface area (Å²) in [7, 11) is 4.10. The normalized spacial score (nSPS) is 15.1. The molecule has 3 aromatic rings. The summed E-state index contributed by atoms with van der Waals surface area (Å²) in [5, 5.41) is 1.10. The van der Waals surface area contributed by atoms with Gasteiger partial charge in [0.2, 0.25) is 0 Å². The summed E-state index contributed by atoms with van der Waals surface area (Å²) in [6.45, 7) is 4.37. The topological polar surface area (TPSA) is 28.9 Å². The van der Waals surface area contributed by atoms with Crippen molar-refractivity contribution >= 4 is 28.8 Å². The minimum absolute atomic E-state index is 0.748. The van der Waals surface area contributed by atoms with Crippen LogP contribution in [0.5, 0.6) is 5.75 Å². The maximum atomic E-state index is 6.01. The number of fused-ring (bicyclic) bond motifs is 1. The number of hydrogen-bond donors (Lipinski definition) is 0. The van der Waals surface area contributed by atoms with Gasteiger partial charge in [0, 0.05) is 37.8 Å². The molecule has 4 rings (SSSR count). The van der Waals surface area contributed by atoms with Gasteiger partial charge in [-0.25, -0.2) is 0 Å². The molecular weight excluding hydrogens is 372 g/mol. The first-order valence-corrected chi connectivity index (χ1v) is 11.0. The number of hydrogen-bond acceptors (Lipinski definition) is 4. The van der Waals surface area contributed by atoms with E-state index in [2.05, 4.69) is 52.3 Å². The average molecular weight is 405 g/mol. The first kappa shape index (κ1) is 20.5. The zero-order valence-electron chi connectivity index (χ0n) is 18.1. The van der Waals surface area contributed by atoms with Gasteiger partial charge in [-0.1, -0.05) is 24.6 Å². The third-order valence-electron chi connectivity index (χ3n) is 5.70. The fourth-order valence-electron chi connectivity index (χ4n) is 3.93.